The minimum Gasteiger partial charge on any atom is -0.550 e. The second kappa shape index (κ2) is 41.1. The number of amides is 3. The molecule has 0 unspecified atom stereocenters. The number of aliphatic hydroxyl groups excluding tert-OH is 4. The van der Waals surface area contributed by atoms with Crippen LogP contribution in [0.5, 0.6) is 0 Å². The van der Waals surface area contributed by atoms with E-state index < -0.39 is 66.4 Å². The minimum absolute atomic E-state index is 0. The van der Waals surface area contributed by atoms with Crippen LogP contribution in [0.25, 0.3) is 67.3 Å². The summed E-state index contributed by atoms with van der Waals surface area (Å²) in [5.74, 6) is -2.66. The number of H-pyrrole nitrogens is 1. The standard InChI is InChI=1S/2C33H35FN2O5.C25H28N6O.Ca/c2*1-21(2)31-30(33(41)35-25-11-7-4-8-12-25)29(22-9-5-3-6-10-22)32(23-13-15-24(34)16-14-23)36(31)18-17-26(37)19-27(38)20-28(39)40;1-2-3-10-22-26-25(15-6-7-16-25)24(32)31(22)17-18-11-13-19(14-12-18)20-8-4-5-9-21(20)23-27-29-30-28-23;/h2*3-16,21,26-27,37-38H,17-20H2,1-2H3,(H,35,41)(H,39,40);4-5,8-9,11-14H,2-3,6-7,10,15-17H2,1H3,(H,27,28,29,30);/q;;;+2/p-2/t2*26-,27-;;/m11../s1. The van der Waals surface area contributed by atoms with Gasteiger partial charge in [-0.15, -0.1) is 10.2 Å². The molecule has 0 radical (unpaired) electrons. The van der Waals surface area contributed by atoms with Gasteiger partial charge in [-0.3, -0.25) is 24.3 Å². The van der Waals surface area contributed by atoms with Crippen molar-refractivity contribution in [3.8, 4) is 67.3 Å². The molecule has 13 rings (SSSR count). The molecule has 3 amide bonds. The van der Waals surface area contributed by atoms with Crippen molar-refractivity contribution in [1.82, 2.24) is 34.7 Å². The maximum Gasteiger partial charge on any atom is 2.00 e. The summed E-state index contributed by atoms with van der Waals surface area (Å²) in [5, 5.41) is 83.7. The summed E-state index contributed by atoms with van der Waals surface area (Å²) in [6.45, 7) is 11.2. The van der Waals surface area contributed by atoms with E-state index in [0.29, 0.717) is 68.5 Å². The van der Waals surface area contributed by atoms with Gasteiger partial charge in [-0.25, -0.2) is 8.78 Å². The number of nitrogens with one attached hydrogen (secondary N) is 3. The third-order valence-corrected chi connectivity index (χ3v) is 20.4. The molecule has 115 heavy (non-hydrogen) atoms. The Labute approximate surface area is 698 Å². The smallest absolute Gasteiger partial charge is 0.550 e. The van der Waals surface area contributed by atoms with Gasteiger partial charge < -0.3 is 60.0 Å². The topological polar surface area (TPSA) is 316 Å². The number of nitrogens with zero attached hydrogens (tertiary/aromatic N) is 7. The zero-order valence-corrected chi connectivity index (χ0v) is 67.5. The van der Waals surface area contributed by atoms with Crippen molar-refractivity contribution < 1.29 is 63.4 Å². The molecular weight excluding hydrogens is 1490 g/mol. The van der Waals surface area contributed by atoms with Crippen LogP contribution in [-0.2, 0) is 34.0 Å². The number of aliphatic hydroxyl groups is 4. The number of aliphatic carboxylic acids is 2. The van der Waals surface area contributed by atoms with E-state index in [9.17, 15) is 63.4 Å². The van der Waals surface area contributed by atoms with Gasteiger partial charge in [0.2, 0.25) is 5.82 Å². The molecule has 4 atom stereocenters. The van der Waals surface area contributed by atoms with Crippen molar-refractivity contribution in [3.63, 3.8) is 0 Å². The largest absolute Gasteiger partial charge is 2.00 e. The van der Waals surface area contributed by atoms with Crippen LogP contribution in [0.15, 0.2) is 223 Å². The number of aromatic nitrogens is 6. The second-order valence-corrected chi connectivity index (χ2v) is 29.5. The first-order chi connectivity index (χ1) is 55.0. The zero-order chi connectivity index (χ0) is 81.0. The van der Waals surface area contributed by atoms with Crippen molar-refractivity contribution in [2.24, 2.45) is 4.99 Å². The number of aliphatic imine (C=N–C) groups is 1. The van der Waals surface area contributed by atoms with Crippen molar-refractivity contribution in [3.05, 3.63) is 258 Å². The predicted octanol–water partition coefficient (Wildman–Crippen LogP) is 14.4. The minimum atomic E-state index is -1.39. The number of aromatic amines is 1. The molecule has 1 spiro atoms. The van der Waals surface area contributed by atoms with E-state index in [-0.39, 0.29) is 106 Å². The fourth-order valence-corrected chi connectivity index (χ4v) is 15.3. The van der Waals surface area contributed by atoms with Gasteiger partial charge in [-0.2, -0.15) is 5.21 Å². The molecule has 8 aromatic carbocycles. The van der Waals surface area contributed by atoms with Crippen LogP contribution in [0.2, 0.25) is 0 Å². The Morgan fingerprint density at radius 1 is 0.530 bits per heavy atom. The number of amidine groups is 1. The SMILES string of the molecule is CC(C)c1c(C(=O)Nc2ccccc2)c(-c2ccccc2)c(-c2ccc(F)cc2)n1CC[C@@H](O)C[C@@H](O)CC(=O)[O-].CC(C)c1c(C(=O)Nc2ccccc2)c(-c2ccccc2)c(-c2ccc(F)cc2)n1CC[C@@H](O)C[C@@H](O)CC(=O)[O-].CCCCC1=NC2(CCCC2)C(=O)N1Cc1ccc(-c2ccccc2-c2nn[nH]n2)cc1.[Ca+2]. The molecule has 4 heterocycles. The first-order valence-corrected chi connectivity index (χ1v) is 38.8. The monoisotopic (exact) mass is 1580 g/mol. The fraction of sp³-hybridized carbons (Fsp3) is 0.308. The Morgan fingerprint density at radius 3 is 1.34 bits per heavy atom. The molecule has 2 aliphatic rings. The fourth-order valence-electron chi connectivity index (χ4n) is 15.3. The van der Waals surface area contributed by atoms with Crippen LogP contribution < -0.4 is 20.8 Å². The molecule has 7 N–H and O–H groups in total. The number of carboxylic acids is 2. The third-order valence-electron chi connectivity index (χ3n) is 20.4. The van der Waals surface area contributed by atoms with Gasteiger partial charge in [0.1, 0.15) is 23.0 Å². The number of tetrazole rings is 1. The number of carbonyl (C=O) groups excluding carboxylic acids is 5. The summed E-state index contributed by atoms with van der Waals surface area (Å²) < 4.78 is 32.0. The van der Waals surface area contributed by atoms with Crippen LogP contribution in [-0.4, -0.2) is 158 Å². The van der Waals surface area contributed by atoms with E-state index in [0.717, 1.165) is 95.5 Å². The predicted molar refractivity (Wildman–Crippen MR) is 439 cm³/mol. The molecule has 1 saturated carbocycles. The van der Waals surface area contributed by atoms with Crippen LogP contribution >= 0.6 is 0 Å². The van der Waals surface area contributed by atoms with E-state index in [1.807, 2.05) is 157 Å². The average Bonchev–Trinajstić information content (AvgIpc) is 1.59. The summed E-state index contributed by atoms with van der Waals surface area (Å²) in [4.78, 5) is 70.1. The molecule has 0 saturated heterocycles. The first-order valence-electron chi connectivity index (χ1n) is 38.8. The summed E-state index contributed by atoms with van der Waals surface area (Å²) in [6.07, 6.45) is 1.47. The third kappa shape index (κ3) is 22.1. The molecule has 0 bridgehead atoms. The quantitative estimate of drug-likeness (QED) is 0.0199. The molecule has 11 aromatic rings. The van der Waals surface area contributed by atoms with E-state index in [1.54, 1.807) is 48.5 Å². The number of anilines is 2. The molecule has 3 aromatic heterocycles. The Kier molecular flexibility index (Phi) is 31.0. The van der Waals surface area contributed by atoms with Crippen LogP contribution in [0, 0.1) is 11.6 Å². The van der Waals surface area contributed by atoms with E-state index in [2.05, 4.69) is 68.5 Å². The molecular formula is C91H96CaF2N10O11. The number of rotatable bonds is 31. The normalized spacial score (nSPS) is 13.9. The van der Waals surface area contributed by atoms with Crippen LogP contribution in [0.4, 0.5) is 20.2 Å². The summed E-state index contributed by atoms with van der Waals surface area (Å²) >= 11 is 0. The van der Waals surface area contributed by atoms with Crippen molar-refractivity contribution in [1.29, 1.82) is 0 Å². The zero-order valence-electron chi connectivity index (χ0n) is 65.3. The van der Waals surface area contributed by atoms with Gasteiger partial charge in [-0.1, -0.05) is 199 Å². The number of halogens is 2. The Morgan fingerprint density at radius 2 is 0.939 bits per heavy atom. The Bertz CT molecular complexity index is 4840. The van der Waals surface area contributed by atoms with Gasteiger partial charge in [-0.05, 0) is 174 Å². The maximum atomic E-state index is 14.0. The number of benzene rings is 8. The van der Waals surface area contributed by atoms with E-state index in [1.165, 1.54) is 24.3 Å². The van der Waals surface area contributed by atoms with Crippen LogP contribution in [0.3, 0.4) is 0 Å². The van der Waals surface area contributed by atoms with E-state index in [4.69, 9.17) is 4.99 Å². The summed E-state index contributed by atoms with van der Waals surface area (Å²) in [7, 11) is 0. The number of hydrogen-bond acceptors (Lipinski definition) is 15. The summed E-state index contributed by atoms with van der Waals surface area (Å²) in [5.41, 5.74) is 13.1. The van der Waals surface area contributed by atoms with Crippen molar-refractivity contribution in [2.45, 2.75) is 180 Å². The number of unbranched alkanes of at least 4 members (excludes halogenated alkanes) is 1. The van der Waals surface area contributed by atoms with E-state index >= 15 is 0 Å². The number of carboxylic acid groups (broad SMARTS) is 2. The molecule has 592 valence electrons. The molecule has 1 fully saturated rings. The Balaban J connectivity index is 0.000000183. The van der Waals surface area contributed by atoms with Crippen molar-refractivity contribution in [2.75, 3.05) is 10.6 Å². The number of hydrogen-bond donors (Lipinski definition) is 7. The van der Waals surface area contributed by atoms with Crippen LogP contribution in [0.1, 0.15) is 168 Å². The molecule has 24 heteroatoms. The maximum absolute atomic E-state index is 14.0. The molecule has 1 aliphatic heterocycles. The molecule has 1 aliphatic carbocycles. The van der Waals surface area contributed by atoms with Crippen molar-refractivity contribution >= 4 is 84.6 Å². The number of carbonyl (C=O) groups is 5. The van der Waals surface area contributed by atoms with Gasteiger partial charge in [0.05, 0.1) is 53.5 Å². The second-order valence-electron chi connectivity index (χ2n) is 29.5. The van der Waals surface area contributed by atoms with Gasteiger partial charge >= 0.3 is 37.7 Å². The first kappa shape index (κ1) is 86.8. The number of para-hydroxylation sites is 2. The van der Waals surface area contributed by atoms with Gasteiger partial charge in [0, 0.05) is 83.7 Å². The Hall–Kier alpha value is -10.6. The van der Waals surface area contributed by atoms with Gasteiger partial charge in [0.25, 0.3) is 17.7 Å². The van der Waals surface area contributed by atoms with Gasteiger partial charge in [0.15, 0.2) is 0 Å². The average molecular weight is 1580 g/mol. The molecule has 21 nitrogen and oxygen atoms in total. The summed E-state index contributed by atoms with van der Waals surface area (Å²) in [6, 6.07) is 65.9.